The Balaban J connectivity index is 1.95. The molecule has 0 bridgehead atoms. The monoisotopic (exact) mass is 494 g/mol. The SMILES string of the molecule is COC(=O)c1sc(N2C(=O)C(=O)C(=C(O)c3ccc(OC)cc3)[C@@H]2c2ccccc2OC)nc1C. The van der Waals surface area contributed by atoms with E-state index in [-0.39, 0.29) is 21.3 Å². The van der Waals surface area contributed by atoms with Crippen molar-refractivity contribution < 1.29 is 33.7 Å². The van der Waals surface area contributed by atoms with Crippen molar-refractivity contribution in [1.29, 1.82) is 0 Å². The van der Waals surface area contributed by atoms with Gasteiger partial charge in [-0.25, -0.2) is 9.78 Å². The first kappa shape index (κ1) is 24.0. The standard InChI is InChI=1S/C25H22N2O7S/c1-13-22(24(31)34-4)35-25(26-13)27-19(16-7-5-6-8-17(16)33-3)18(21(29)23(27)30)20(28)14-9-11-15(32-2)12-10-14/h5-12,19,28H,1-4H3/t19-/m0/s1. The van der Waals surface area contributed by atoms with Gasteiger partial charge in [-0.15, -0.1) is 0 Å². The van der Waals surface area contributed by atoms with Gasteiger partial charge >= 0.3 is 11.9 Å². The summed E-state index contributed by atoms with van der Waals surface area (Å²) in [7, 11) is 4.23. The first-order valence-corrected chi connectivity index (χ1v) is 11.3. The van der Waals surface area contributed by atoms with Crippen LogP contribution in [0.4, 0.5) is 5.13 Å². The number of aliphatic hydroxyl groups is 1. The largest absolute Gasteiger partial charge is 0.507 e. The van der Waals surface area contributed by atoms with Gasteiger partial charge in [0, 0.05) is 11.1 Å². The number of methoxy groups -OCH3 is 3. The van der Waals surface area contributed by atoms with E-state index < -0.39 is 23.7 Å². The lowest BCUT2D eigenvalue weighted by molar-refractivity contribution is -0.132. The van der Waals surface area contributed by atoms with Crippen LogP contribution in [0.15, 0.2) is 54.1 Å². The van der Waals surface area contributed by atoms with E-state index in [9.17, 15) is 19.5 Å². The van der Waals surface area contributed by atoms with Gasteiger partial charge in [-0.05, 0) is 37.3 Å². The molecule has 10 heteroatoms. The third-order valence-corrected chi connectivity index (χ3v) is 6.74. The van der Waals surface area contributed by atoms with Gasteiger partial charge in [0.25, 0.3) is 5.78 Å². The number of rotatable bonds is 6. The predicted molar refractivity (Wildman–Crippen MR) is 129 cm³/mol. The Kier molecular flexibility index (Phi) is 6.57. The molecule has 1 N–H and O–H groups in total. The molecule has 0 radical (unpaired) electrons. The molecule has 0 aliphatic carbocycles. The number of ketones is 1. The van der Waals surface area contributed by atoms with Gasteiger partial charge in [0.1, 0.15) is 28.2 Å². The Labute approximate surface area is 205 Å². The number of hydrogen-bond acceptors (Lipinski definition) is 9. The number of amides is 1. The highest BCUT2D eigenvalue weighted by Gasteiger charge is 2.49. The van der Waals surface area contributed by atoms with Crippen molar-refractivity contribution in [3.8, 4) is 11.5 Å². The van der Waals surface area contributed by atoms with Crippen LogP contribution in [0.2, 0.25) is 0 Å². The summed E-state index contributed by atoms with van der Waals surface area (Å²) in [6.45, 7) is 1.61. The summed E-state index contributed by atoms with van der Waals surface area (Å²) in [6, 6.07) is 12.3. The Hall–Kier alpha value is -4.18. The number of benzene rings is 2. The smallest absolute Gasteiger partial charge is 0.350 e. The second-order valence-corrected chi connectivity index (χ2v) is 8.52. The highest BCUT2D eigenvalue weighted by atomic mass is 32.1. The molecule has 1 saturated heterocycles. The third-order valence-electron chi connectivity index (χ3n) is 5.60. The number of carbonyl (C=O) groups is 3. The number of thiazole rings is 1. The number of aryl methyl sites for hydroxylation is 1. The normalized spacial score (nSPS) is 16.9. The minimum absolute atomic E-state index is 0.120. The molecule has 1 aliphatic rings. The second kappa shape index (κ2) is 9.59. The van der Waals surface area contributed by atoms with Crippen LogP contribution in [0.25, 0.3) is 5.76 Å². The van der Waals surface area contributed by atoms with E-state index in [1.807, 2.05) is 0 Å². The number of Topliss-reactive ketones (excluding diaryl/α,β-unsaturated/α-hetero) is 1. The summed E-state index contributed by atoms with van der Waals surface area (Å²) >= 11 is 0.927. The maximum atomic E-state index is 13.3. The van der Waals surface area contributed by atoms with Gasteiger partial charge in [-0.1, -0.05) is 29.5 Å². The number of hydrogen-bond donors (Lipinski definition) is 1. The van der Waals surface area contributed by atoms with E-state index >= 15 is 0 Å². The second-order valence-electron chi connectivity index (χ2n) is 7.54. The molecule has 4 rings (SSSR count). The lowest BCUT2D eigenvalue weighted by Gasteiger charge is -2.24. The molecule has 2 aromatic carbocycles. The van der Waals surface area contributed by atoms with Gasteiger partial charge in [0.2, 0.25) is 0 Å². The minimum atomic E-state index is -1.05. The Bertz CT molecular complexity index is 1340. The van der Waals surface area contributed by atoms with Gasteiger partial charge < -0.3 is 19.3 Å². The zero-order chi connectivity index (χ0) is 25.3. The lowest BCUT2D eigenvalue weighted by Crippen LogP contribution is -2.29. The molecule has 35 heavy (non-hydrogen) atoms. The predicted octanol–water partition coefficient (Wildman–Crippen LogP) is 3.88. The minimum Gasteiger partial charge on any atom is -0.507 e. The zero-order valence-electron chi connectivity index (χ0n) is 19.4. The summed E-state index contributed by atoms with van der Waals surface area (Å²) < 4.78 is 15.5. The van der Waals surface area contributed by atoms with Crippen LogP contribution in [-0.2, 0) is 14.3 Å². The Morgan fingerprint density at radius 2 is 1.71 bits per heavy atom. The van der Waals surface area contributed by atoms with E-state index in [0.29, 0.717) is 28.3 Å². The van der Waals surface area contributed by atoms with Crippen molar-refractivity contribution in [1.82, 2.24) is 4.98 Å². The van der Waals surface area contributed by atoms with E-state index in [2.05, 4.69) is 4.98 Å². The van der Waals surface area contributed by atoms with Gasteiger partial charge in [-0.3, -0.25) is 14.5 Å². The van der Waals surface area contributed by atoms with Gasteiger partial charge in [-0.2, -0.15) is 0 Å². The van der Waals surface area contributed by atoms with Crippen LogP contribution in [-0.4, -0.2) is 49.1 Å². The fraction of sp³-hybridized carbons (Fsp3) is 0.200. The van der Waals surface area contributed by atoms with Crippen LogP contribution in [0.1, 0.15) is 32.5 Å². The number of aliphatic hydroxyl groups excluding tert-OH is 1. The molecule has 3 aromatic rings. The summed E-state index contributed by atoms with van der Waals surface area (Å²) in [4.78, 5) is 44.6. The van der Waals surface area contributed by atoms with Gasteiger partial charge in [0.05, 0.1) is 32.6 Å². The fourth-order valence-electron chi connectivity index (χ4n) is 3.89. The fourth-order valence-corrected chi connectivity index (χ4v) is 4.90. The zero-order valence-corrected chi connectivity index (χ0v) is 20.2. The van der Waals surface area contributed by atoms with Crippen molar-refractivity contribution in [3.63, 3.8) is 0 Å². The molecule has 0 saturated carbocycles. The van der Waals surface area contributed by atoms with Crippen LogP contribution in [0, 0.1) is 6.92 Å². The highest BCUT2D eigenvalue weighted by molar-refractivity contribution is 7.17. The number of aromatic nitrogens is 1. The maximum absolute atomic E-state index is 13.3. The van der Waals surface area contributed by atoms with Crippen molar-refractivity contribution in [2.75, 3.05) is 26.2 Å². The number of esters is 1. The molecule has 1 atom stereocenters. The average Bonchev–Trinajstić information content (AvgIpc) is 3.39. The Morgan fingerprint density at radius 3 is 2.34 bits per heavy atom. The number of para-hydroxylation sites is 1. The van der Waals surface area contributed by atoms with Gasteiger partial charge in [0.15, 0.2) is 5.13 Å². The van der Waals surface area contributed by atoms with Crippen LogP contribution in [0.5, 0.6) is 11.5 Å². The molecule has 9 nitrogen and oxygen atoms in total. The van der Waals surface area contributed by atoms with Crippen LogP contribution >= 0.6 is 11.3 Å². The van der Waals surface area contributed by atoms with Crippen LogP contribution in [0.3, 0.4) is 0 Å². The van der Waals surface area contributed by atoms with Crippen molar-refractivity contribution in [2.45, 2.75) is 13.0 Å². The number of carbonyl (C=O) groups excluding carboxylic acids is 3. The van der Waals surface area contributed by atoms with Crippen molar-refractivity contribution in [3.05, 3.63) is 75.8 Å². The molecular formula is C25H22N2O7S. The molecule has 1 aliphatic heterocycles. The quantitative estimate of drug-likeness (QED) is 0.238. The topological polar surface area (TPSA) is 115 Å². The molecule has 1 amide bonds. The van der Waals surface area contributed by atoms with E-state index in [4.69, 9.17) is 14.2 Å². The number of anilines is 1. The first-order valence-electron chi connectivity index (χ1n) is 10.5. The summed E-state index contributed by atoms with van der Waals surface area (Å²) in [5.74, 6) is -1.76. The van der Waals surface area contributed by atoms with Crippen molar-refractivity contribution >= 4 is 39.9 Å². The first-order chi connectivity index (χ1) is 16.8. The van der Waals surface area contributed by atoms with E-state index in [0.717, 1.165) is 11.3 Å². The number of nitrogens with zero attached hydrogens (tertiary/aromatic N) is 2. The molecule has 0 unspecified atom stereocenters. The molecule has 1 aromatic heterocycles. The van der Waals surface area contributed by atoms with E-state index in [1.54, 1.807) is 55.5 Å². The molecule has 0 spiro atoms. The lowest BCUT2D eigenvalue weighted by atomic mass is 9.94. The average molecular weight is 495 g/mol. The summed E-state index contributed by atoms with van der Waals surface area (Å²) in [5, 5.41) is 11.3. The summed E-state index contributed by atoms with van der Waals surface area (Å²) in [6.07, 6.45) is 0. The molecule has 1 fully saturated rings. The number of ether oxygens (including phenoxy) is 3. The summed E-state index contributed by atoms with van der Waals surface area (Å²) in [5.41, 5.74) is 1.02. The third kappa shape index (κ3) is 4.12. The highest BCUT2D eigenvalue weighted by Crippen LogP contribution is 2.46. The molecule has 2 heterocycles. The van der Waals surface area contributed by atoms with Crippen LogP contribution < -0.4 is 14.4 Å². The Morgan fingerprint density at radius 1 is 1.03 bits per heavy atom. The maximum Gasteiger partial charge on any atom is 0.350 e. The molecular weight excluding hydrogens is 472 g/mol. The molecule has 180 valence electrons. The van der Waals surface area contributed by atoms with E-state index in [1.165, 1.54) is 26.2 Å². The van der Waals surface area contributed by atoms with Crippen molar-refractivity contribution in [2.24, 2.45) is 0 Å².